The van der Waals surface area contributed by atoms with Crippen molar-refractivity contribution in [3.8, 4) is 5.88 Å². The topological polar surface area (TPSA) is 37.9 Å². The van der Waals surface area contributed by atoms with Gasteiger partial charge in [-0.05, 0) is 12.5 Å². The smallest absolute Gasteiger partial charge is 0.213 e. The molecule has 0 aliphatic heterocycles. The summed E-state index contributed by atoms with van der Waals surface area (Å²) >= 11 is 0. The molecule has 0 fully saturated rings. The number of ether oxygens (including phenoxy) is 1. The average molecular weight is 162 g/mol. The fraction of sp³-hybridized carbons (Fsp3) is 0.222. The van der Waals surface area contributed by atoms with Gasteiger partial charge >= 0.3 is 0 Å². The molecule has 1 N–H and O–H groups in total. The molecule has 0 bridgehead atoms. The van der Waals surface area contributed by atoms with Crippen LogP contribution in [0, 0.1) is 6.92 Å². The maximum absolute atomic E-state index is 5.02. The molecule has 3 heteroatoms. The van der Waals surface area contributed by atoms with E-state index in [1.54, 1.807) is 13.3 Å². The van der Waals surface area contributed by atoms with Gasteiger partial charge in [0.15, 0.2) is 0 Å². The third kappa shape index (κ3) is 0.942. The lowest BCUT2D eigenvalue weighted by Gasteiger charge is -1.97. The monoisotopic (exact) mass is 162 g/mol. The van der Waals surface area contributed by atoms with Crippen molar-refractivity contribution in [2.24, 2.45) is 0 Å². The second kappa shape index (κ2) is 2.52. The van der Waals surface area contributed by atoms with E-state index in [0.29, 0.717) is 5.88 Å². The van der Waals surface area contributed by atoms with Crippen molar-refractivity contribution in [1.29, 1.82) is 0 Å². The number of fused-ring (bicyclic) bond motifs is 1. The van der Waals surface area contributed by atoms with Gasteiger partial charge in [0.2, 0.25) is 5.88 Å². The highest BCUT2D eigenvalue weighted by atomic mass is 16.5. The SMILES string of the molecule is COc1cc2c(C)c[nH]c2cn1. The Labute approximate surface area is 70.4 Å². The Morgan fingerprint density at radius 1 is 1.50 bits per heavy atom. The number of aryl methyl sites for hydroxylation is 1. The predicted octanol–water partition coefficient (Wildman–Crippen LogP) is 1.88. The first kappa shape index (κ1) is 7.16. The highest BCUT2D eigenvalue weighted by Gasteiger charge is 2.00. The van der Waals surface area contributed by atoms with Crippen LogP contribution in [-0.4, -0.2) is 17.1 Å². The highest BCUT2D eigenvalue weighted by Crippen LogP contribution is 2.19. The molecule has 0 radical (unpaired) electrons. The summed E-state index contributed by atoms with van der Waals surface area (Å²) in [5.74, 6) is 0.658. The molecular formula is C9H10N2O. The first-order chi connectivity index (χ1) is 5.81. The van der Waals surface area contributed by atoms with E-state index in [1.807, 2.05) is 12.3 Å². The fourth-order valence-electron chi connectivity index (χ4n) is 1.25. The van der Waals surface area contributed by atoms with Crippen molar-refractivity contribution in [2.75, 3.05) is 7.11 Å². The zero-order valence-electron chi connectivity index (χ0n) is 7.09. The predicted molar refractivity (Wildman–Crippen MR) is 47.4 cm³/mol. The molecule has 62 valence electrons. The van der Waals surface area contributed by atoms with Crippen molar-refractivity contribution >= 4 is 10.9 Å². The summed E-state index contributed by atoms with van der Waals surface area (Å²) < 4.78 is 5.02. The van der Waals surface area contributed by atoms with Crippen LogP contribution in [0.25, 0.3) is 10.9 Å². The van der Waals surface area contributed by atoms with Gasteiger partial charge in [0, 0.05) is 17.6 Å². The van der Waals surface area contributed by atoms with E-state index >= 15 is 0 Å². The maximum atomic E-state index is 5.02. The van der Waals surface area contributed by atoms with Crippen LogP contribution in [0.2, 0.25) is 0 Å². The largest absolute Gasteiger partial charge is 0.481 e. The molecule has 2 heterocycles. The third-order valence-corrected chi connectivity index (χ3v) is 1.96. The van der Waals surface area contributed by atoms with Gasteiger partial charge in [-0.15, -0.1) is 0 Å². The Morgan fingerprint density at radius 3 is 3.08 bits per heavy atom. The van der Waals surface area contributed by atoms with E-state index in [9.17, 15) is 0 Å². The van der Waals surface area contributed by atoms with E-state index in [2.05, 4.69) is 16.9 Å². The molecular weight excluding hydrogens is 152 g/mol. The number of rotatable bonds is 1. The van der Waals surface area contributed by atoms with Gasteiger partial charge in [0.1, 0.15) is 0 Å². The number of aromatic nitrogens is 2. The number of methoxy groups -OCH3 is 1. The standard InChI is InChI=1S/C9H10N2O/c1-6-4-10-8-5-11-9(12-2)3-7(6)8/h3-5,10H,1-2H3. The molecule has 0 saturated heterocycles. The highest BCUT2D eigenvalue weighted by molar-refractivity contribution is 5.82. The fourth-order valence-corrected chi connectivity index (χ4v) is 1.25. The van der Waals surface area contributed by atoms with Crippen LogP contribution >= 0.6 is 0 Å². The number of hydrogen-bond acceptors (Lipinski definition) is 2. The summed E-state index contributed by atoms with van der Waals surface area (Å²) in [4.78, 5) is 7.21. The minimum Gasteiger partial charge on any atom is -0.481 e. The number of H-pyrrole nitrogens is 1. The van der Waals surface area contributed by atoms with Crippen LogP contribution in [0.3, 0.4) is 0 Å². The Kier molecular flexibility index (Phi) is 1.50. The second-order valence-electron chi connectivity index (χ2n) is 2.74. The third-order valence-electron chi connectivity index (χ3n) is 1.96. The number of nitrogens with one attached hydrogen (secondary N) is 1. The lowest BCUT2D eigenvalue weighted by Crippen LogP contribution is -1.85. The Hall–Kier alpha value is -1.51. The van der Waals surface area contributed by atoms with E-state index < -0.39 is 0 Å². The molecule has 0 unspecified atom stereocenters. The summed E-state index contributed by atoms with van der Waals surface area (Å²) in [7, 11) is 1.62. The van der Waals surface area contributed by atoms with E-state index in [0.717, 1.165) is 5.52 Å². The van der Waals surface area contributed by atoms with Crippen LogP contribution in [0.4, 0.5) is 0 Å². The summed E-state index contributed by atoms with van der Waals surface area (Å²) in [6.07, 6.45) is 3.74. The van der Waals surface area contributed by atoms with Gasteiger partial charge in [0.05, 0.1) is 18.8 Å². The van der Waals surface area contributed by atoms with Gasteiger partial charge in [-0.2, -0.15) is 0 Å². The first-order valence-corrected chi connectivity index (χ1v) is 3.79. The van der Waals surface area contributed by atoms with Crippen LogP contribution in [0.1, 0.15) is 5.56 Å². The molecule has 3 nitrogen and oxygen atoms in total. The molecule has 0 aromatic carbocycles. The molecule has 2 rings (SSSR count). The summed E-state index contributed by atoms with van der Waals surface area (Å²) in [6.45, 7) is 2.05. The second-order valence-corrected chi connectivity index (χ2v) is 2.74. The van der Waals surface area contributed by atoms with Gasteiger partial charge in [-0.1, -0.05) is 0 Å². The Balaban J connectivity index is 2.71. The quantitative estimate of drug-likeness (QED) is 0.695. The molecule has 0 aliphatic carbocycles. The molecule has 12 heavy (non-hydrogen) atoms. The minimum absolute atomic E-state index is 0.658. The zero-order valence-corrected chi connectivity index (χ0v) is 7.09. The Bertz CT molecular complexity index is 406. The molecule has 0 atom stereocenters. The van der Waals surface area contributed by atoms with Gasteiger partial charge in [-0.3, -0.25) is 0 Å². The van der Waals surface area contributed by atoms with Gasteiger partial charge < -0.3 is 9.72 Å². The molecule has 0 amide bonds. The van der Waals surface area contributed by atoms with Gasteiger partial charge in [0.25, 0.3) is 0 Å². The van der Waals surface area contributed by atoms with Crippen molar-refractivity contribution in [3.63, 3.8) is 0 Å². The van der Waals surface area contributed by atoms with Gasteiger partial charge in [-0.25, -0.2) is 4.98 Å². The molecule has 0 spiro atoms. The summed E-state index contributed by atoms with van der Waals surface area (Å²) in [5.41, 5.74) is 2.26. The van der Waals surface area contributed by atoms with E-state index in [-0.39, 0.29) is 0 Å². The summed E-state index contributed by atoms with van der Waals surface area (Å²) in [6, 6.07) is 1.93. The van der Waals surface area contributed by atoms with Crippen LogP contribution in [0.5, 0.6) is 5.88 Å². The normalized spacial score (nSPS) is 10.5. The number of pyridine rings is 1. The lowest BCUT2D eigenvalue weighted by atomic mass is 10.2. The molecule has 0 saturated carbocycles. The summed E-state index contributed by atoms with van der Waals surface area (Å²) in [5, 5.41) is 1.17. The van der Waals surface area contributed by atoms with E-state index in [1.165, 1.54) is 10.9 Å². The van der Waals surface area contributed by atoms with Crippen molar-refractivity contribution < 1.29 is 4.74 Å². The maximum Gasteiger partial charge on any atom is 0.213 e. The van der Waals surface area contributed by atoms with Crippen LogP contribution in [-0.2, 0) is 0 Å². The zero-order chi connectivity index (χ0) is 8.55. The minimum atomic E-state index is 0.658. The van der Waals surface area contributed by atoms with Crippen LogP contribution in [0.15, 0.2) is 18.5 Å². The number of nitrogens with zero attached hydrogens (tertiary/aromatic N) is 1. The van der Waals surface area contributed by atoms with Crippen molar-refractivity contribution in [2.45, 2.75) is 6.92 Å². The first-order valence-electron chi connectivity index (χ1n) is 3.79. The van der Waals surface area contributed by atoms with E-state index in [4.69, 9.17) is 4.74 Å². The van der Waals surface area contributed by atoms with Crippen LogP contribution < -0.4 is 4.74 Å². The number of hydrogen-bond donors (Lipinski definition) is 1. The van der Waals surface area contributed by atoms with Crippen molar-refractivity contribution in [1.82, 2.24) is 9.97 Å². The molecule has 2 aromatic rings. The number of aromatic amines is 1. The van der Waals surface area contributed by atoms with Crippen molar-refractivity contribution in [3.05, 3.63) is 24.0 Å². The Morgan fingerprint density at radius 2 is 2.33 bits per heavy atom. The molecule has 2 aromatic heterocycles. The molecule has 0 aliphatic rings. The average Bonchev–Trinajstić information content (AvgIpc) is 2.47. The lowest BCUT2D eigenvalue weighted by molar-refractivity contribution is 0.398.